The van der Waals surface area contributed by atoms with Crippen LogP contribution in [0.4, 0.5) is 13.2 Å². The molecule has 0 saturated heterocycles. The maximum Gasteiger partial charge on any atom is 0.416 e. The first-order valence-electron chi connectivity index (χ1n) is 5.50. The summed E-state index contributed by atoms with van der Waals surface area (Å²) in [4.78, 5) is 0. The van der Waals surface area contributed by atoms with Crippen LogP contribution < -0.4 is 0 Å². The standard InChI is InChI=1S/C14H13F3/c1-9(2)13-11-6-4-3-5-10(11)7-8-12(13)14(15,16)17/h3-9H,1-2H3. The van der Waals surface area contributed by atoms with Gasteiger partial charge in [0.1, 0.15) is 0 Å². The third-order valence-electron chi connectivity index (χ3n) is 2.85. The molecule has 17 heavy (non-hydrogen) atoms. The molecule has 0 N–H and O–H groups in total. The average Bonchev–Trinajstić information content (AvgIpc) is 2.26. The molecule has 0 bridgehead atoms. The predicted molar refractivity (Wildman–Crippen MR) is 63.0 cm³/mol. The largest absolute Gasteiger partial charge is 0.416 e. The van der Waals surface area contributed by atoms with Crippen molar-refractivity contribution >= 4 is 10.8 Å². The predicted octanol–water partition coefficient (Wildman–Crippen LogP) is 4.98. The van der Waals surface area contributed by atoms with Crippen LogP contribution in [0, 0.1) is 0 Å². The minimum absolute atomic E-state index is 0.155. The van der Waals surface area contributed by atoms with Crippen molar-refractivity contribution in [3.05, 3.63) is 47.5 Å². The second kappa shape index (κ2) is 4.06. The number of hydrogen-bond donors (Lipinski definition) is 0. The number of rotatable bonds is 1. The van der Waals surface area contributed by atoms with Crippen molar-refractivity contribution in [1.29, 1.82) is 0 Å². The summed E-state index contributed by atoms with van der Waals surface area (Å²) >= 11 is 0. The van der Waals surface area contributed by atoms with Crippen molar-refractivity contribution < 1.29 is 13.2 Å². The SMILES string of the molecule is CC(C)c1c(C(F)(F)F)ccc2ccccc12. The Morgan fingerprint density at radius 1 is 0.941 bits per heavy atom. The van der Waals surface area contributed by atoms with Crippen LogP contribution in [0.15, 0.2) is 36.4 Å². The van der Waals surface area contributed by atoms with Crippen molar-refractivity contribution in [2.24, 2.45) is 0 Å². The quantitative estimate of drug-likeness (QED) is 0.657. The van der Waals surface area contributed by atoms with Crippen LogP contribution in [0.2, 0.25) is 0 Å². The summed E-state index contributed by atoms with van der Waals surface area (Å²) in [5, 5.41) is 1.54. The molecule has 0 aliphatic rings. The van der Waals surface area contributed by atoms with E-state index in [0.717, 1.165) is 5.39 Å². The fourth-order valence-corrected chi connectivity index (χ4v) is 2.16. The fourth-order valence-electron chi connectivity index (χ4n) is 2.16. The van der Waals surface area contributed by atoms with Crippen LogP contribution in [-0.2, 0) is 6.18 Å². The Bertz CT molecular complexity index is 539. The van der Waals surface area contributed by atoms with Gasteiger partial charge in [0.2, 0.25) is 0 Å². The van der Waals surface area contributed by atoms with E-state index in [2.05, 4.69) is 0 Å². The normalized spacial score (nSPS) is 12.4. The Morgan fingerprint density at radius 3 is 2.18 bits per heavy atom. The molecule has 0 aliphatic heterocycles. The van der Waals surface area contributed by atoms with E-state index < -0.39 is 11.7 Å². The van der Waals surface area contributed by atoms with Gasteiger partial charge in [-0.05, 0) is 28.3 Å². The second-order valence-electron chi connectivity index (χ2n) is 4.40. The van der Waals surface area contributed by atoms with Gasteiger partial charge in [-0.1, -0.05) is 44.2 Å². The van der Waals surface area contributed by atoms with Crippen LogP contribution >= 0.6 is 0 Å². The molecular weight excluding hydrogens is 225 g/mol. The molecule has 3 heteroatoms. The number of halogens is 3. The first-order valence-corrected chi connectivity index (χ1v) is 5.50. The van der Waals surface area contributed by atoms with E-state index in [1.54, 1.807) is 26.0 Å². The van der Waals surface area contributed by atoms with Gasteiger partial charge in [0, 0.05) is 0 Å². The second-order valence-corrected chi connectivity index (χ2v) is 4.40. The smallest absolute Gasteiger partial charge is 0.166 e. The Morgan fingerprint density at radius 2 is 1.59 bits per heavy atom. The summed E-state index contributed by atoms with van der Waals surface area (Å²) in [6.45, 7) is 3.58. The lowest BCUT2D eigenvalue weighted by Gasteiger charge is -2.18. The van der Waals surface area contributed by atoms with E-state index in [1.807, 2.05) is 12.1 Å². The molecular formula is C14H13F3. The first kappa shape index (κ1) is 12.0. The van der Waals surface area contributed by atoms with E-state index in [1.165, 1.54) is 12.1 Å². The van der Waals surface area contributed by atoms with Gasteiger partial charge < -0.3 is 0 Å². The topological polar surface area (TPSA) is 0 Å². The lowest BCUT2D eigenvalue weighted by Crippen LogP contribution is -2.10. The van der Waals surface area contributed by atoms with E-state index in [-0.39, 0.29) is 5.92 Å². The van der Waals surface area contributed by atoms with E-state index in [4.69, 9.17) is 0 Å². The highest BCUT2D eigenvalue weighted by Gasteiger charge is 2.34. The number of hydrogen-bond acceptors (Lipinski definition) is 0. The molecule has 0 spiro atoms. The van der Waals surface area contributed by atoms with Crippen LogP contribution in [0.3, 0.4) is 0 Å². The maximum absolute atomic E-state index is 12.9. The molecule has 0 unspecified atom stereocenters. The molecule has 2 aromatic rings. The highest BCUT2D eigenvalue weighted by molar-refractivity contribution is 5.87. The summed E-state index contributed by atoms with van der Waals surface area (Å²) in [7, 11) is 0. The molecule has 0 saturated carbocycles. The third-order valence-corrected chi connectivity index (χ3v) is 2.85. The Balaban J connectivity index is 2.82. The molecule has 0 amide bonds. The summed E-state index contributed by atoms with van der Waals surface area (Å²) in [6, 6.07) is 9.90. The summed E-state index contributed by atoms with van der Waals surface area (Å²) in [5.74, 6) is -0.155. The van der Waals surface area contributed by atoms with Gasteiger partial charge in [-0.25, -0.2) is 0 Å². The Kier molecular flexibility index (Phi) is 2.86. The molecule has 0 radical (unpaired) electrons. The van der Waals surface area contributed by atoms with Crippen LogP contribution in [0.25, 0.3) is 10.8 Å². The molecule has 0 heterocycles. The highest BCUT2D eigenvalue weighted by atomic mass is 19.4. The summed E-state index contributed by atoms with van der Waals surface area (Å²) in [5.41, 5.74) is -0.137. The fraction of sp³-hybridized carbons (Fsp3) is 0.286. The van der Waals surface area contributed by atoms with Gasteiger partial charge in [-0.2, -0.15) is 13.2 Å². The molecule has 0 aromatic heterocycles. The van der Waals surface area contributed by atoms with Gasteiger partial charge >= 0.3 is 6.18 Å². The molecule has 0 nitrogen and oxygen atoms in total. The molecule has 2 aromatic carbocycles. The van der Waals surface area contributed by atoms with Crippen LogP contribution in [0.1, 0.15) is 30.9 Å². The van der Waals surface area contributed by atoms with Crippen molar-refractivity contribution in [3.8, 4) is 0 Å². The number of alkyl halides is 3. The maximum atomic E-state index is 12.9. The highest BCUT2D eigenvalue weighted by Crippen LogP contribution is 2.38. The van der Waals surface area contributed by atoms with Gasteiger partial charge in [0.25, 0.3) is 0 Å². The number of benzene rings is 2. The van der Waals surface area contributed by atoms with Crippen molar-refractivity contribution in [1.82, 2.24) is 0 Å². The zero-order valence-corrected chi connectivity index (χ0v) is 9.68. The minimum atomic E-state index is -4.29. The lowest BCUT2D eigenvalue weighted by molar-refractivity contribution is -0.138. The van der Waals surface area contributed by atoms with Gasteiger partial charge in [-0.3, -0.25) is 0 Å². The first-order chi connectivity index (χ1) is 7.91. The van der Waals surface area contributed by atoms with E-state index >= 15 is 0 Å². The van der Waals surface area contributed by atoms with Crippen LogP contribution in [-0.4, -0.2) is 0 Å². The van der Waals surface area contributed by atoms with E-state index in [0.29, 0.717) is 10.9 Å². The van der Waals surface area contributed by atoms with Crippen molar-refractivity contribution in [2.45, 2.75) is 25.9 Å². The van der Waals surface area contributed by atoms with Crippen molar-refractivity contribution in [3.63, 3.8) is 0 Å². The van der Waals surface area contributed by atoms with Gasteiger partial charge in [0.15, 0.2) is 0 Å². The number of fused-ring (bicyclic) bond motifs is 1. The van der Waals surface area contributed by atoms with Gasteiger partial charge in [-0.15, -0.1) is 0 Å². The molecule has 0 fully saturated rings. The average molecular weight is 238 g/mol. The molecule has 2 rings (SSSR count). The van der Waals surface area contributed by atoms with Gasteiger partial charge in [0.05, 0.1) is 5.56 Å². The minimum Gasteiger partial charge on any atom is -0.166 e. The Hall–Kier alpha value is -1.51. The molecule has 0 aliphatic carbocycles. The zero-order valence-electron chi connectivity index (χ0n) is 9.68. The lowest BCUT2D eigenvalue weighted by atomic mass is 9.91. The third kappa shape index (κ3) is 2.14. The molecule has 0 atom stereocenters. The summed E-state index contributed by atoms with van der Waals surface area (Å²) in [6.07, 6.45) is -4.29. The summed E-state index contributed by atoms with van der Waals surface area (Å²) < 4.78 is 38.8. The Labute approximate surface area is 98.1 Å². The monoisotopic (exact) mass is 238 g/mol. The zero-order chi connectivity index (χ0) is 12.6. The molecule has 90 valence electrons. The van der Waals surface area contributed by atoms with Crippen LogP contribution in [0.5, 0.6) is 0 Å². The van der Waals surface area contributed by atoms with Crippen molar-refractivity contribution in [2.75, 3.05) is 0 Å². The van der Waals surface area contributed by atoms with E-state index in [9.17, 15) is 13.2 Å².